The molecule has 5 heteroatoms. The van der Waals surface area contributed by atoms with Crippen LogP contribution in [0.2, 0.25) is 0 Å². The third-order valence-electron chi connectivity index (χ3n) is 0. The van der Waals surface area contributed by atoms with Crippen molar-refractivity contribution in [3.63, 3.8) is 0 Å². The van der Waals surface area contributed by atoms with Crippen LogP contribution in [0.4, 0.5) is 0 Å². The van der Waals surface area contributed by atoms with E-state index in [1.807, 2.05) is 0 Å². The molecule has 24 valence electrons. The predicted octanol–water partition coefficient (Wildman–Crippen LogP) is -3.80. The zero-order valence-electron chi connectivity index (χ0n) is 2.34. The van der Waals surface area contributed by atoms with Crippen LogP contribution < -0.4 is 29.6 Å². The van der Waals surface area contributed by atoms with E-state index in [0.29, 0.717) is 0 Å². The van der Waals surface area contributed by atoms with E-state index in [2.05, 4.69) is 0 Å². The summed E-state index contributed by atoms with van der Waals surface area (Å²) >= 11 is 0. The predicted molar refractivity (Wildman–Crippen MR) is 14.3 cm³/mol. The fourth-order valence-electron chi connectivity index (χ4n) is 0. The van der Waals surface area contributed by atoms with Crippen molar-refractivity contribution in [3.05, 3.63) is 0 Å². The second-order valence-electron chi connectivity index (χ2n) is 0. The molecule has 0 aromatic carbocycles. The second kappa shape index (κ2) is 39.6. The molecule has 0 bridgehead atoms. The quantitative estimate of drug-likeness (QED) is 0.185. The molecular formula is H4Na2O3. The van der Waals surface area contributed by atoms with E-state index in [1.54, 1.807) is 0 Å². The van der Waals surface area contributed by atoms with Gasteiger partial charge >= 0.3 is 59.1 Å². The van der Waals surface area contributed by atoms with Gasteiger partial charge in [-0.2, -0.15) is 0 Å². The zero-order valence-corrected chi connectivity index (χ0v) is 4.34. The van der Waals surface area contributed by atoms with E-state index >= 15 is 0 Å². The van der Waals surface area contributed by atoms with Crippen LogP contribution in [0.5, 0.6) is 0 Å². The number of rotatable bonds is 0. The standard InChI is InChI=1S/2Na.H2O2.H2O.H/c;;1-2;;/h;;1-2H;1H2;/q;+1;;;/p-1. The van der Waals surface area contributed by atoms with Crippen LogP contribution in [0.1, 0.15) is 0 Å². The molecule has 0 rings (SSSR count). The summed E-state index contributed by atoms with van der Waals surface area (Å²) in [6.45, 7) is 0. The summed E-state index contributed by atoms with van der Waals surface area (Å²) in [6.07, 6.45) is 0. The number of hydrogen-bond acceptors (Lipinski definition) is 3. The first kappa shape index (κ1) is 28.7. The summed E-state index contributed by atoms with van der Waals surface area (Å²) < 4.78 is 0. The molecule has 0 saturated heterocycles. The Hall–Kier alpha value is 1.88. The molecule has 0 aromatic rings. The van der Waals surface area contributed by atoms with Gasteiger partial charge in [-0.15, -0.1) is 0 Å². The Morgan fingerprint density at radius 2 is 1.00 bits per heavy atom. The van der Waals surface area contributed by atoms with Crippen molar-refractivity contribution < 1.29 is 45.5 Å². The Balaban J connectivity index is -0.00000000167. The normalized spacial score (nSPS) is 1.20. The van der Waals surface area contributed by atoms with Gasteiger partial charge in [0.25, 0.3) is 0 Å². The van der Waals surface area contributed by atoms with Crippen LogP contribution in [0.3, 0.4) is 0 Å². The summed E-state index contributed by atoms with van der Waals surface area (Å²) in [7, 11) is 0. The van der Waals surface area contributed by atoms with Crippen LogP contribution in [-0.2, 0) is 0 Å². The molecule has 0 aliphatic carbocycles. The molecule has 0 aliphatic rings. The summed E-state index contributed by atoms with van der Waals surface area (Å²) in [5.74, 6) is 0. The summed E-state index contributed by atoms with van der Waals surface area (Å²) in [6, 6.07) is 0. The van der Waals surface area contributed by atoms with Gasteiger partial charge in [-0.25, -0.2) is 0 Å². The van der Waals surface area contributed by atoms with Crippen LogP contribution in [0.25, 0.3) is 0 Å². The van der Waals surface area contributed by atoms with Crippen LogP contribution in [-0.4, -0.2) is 45.5 Å². The van der Waals surface area contributed by atoms with Crippen molar-refractivity contribution >= 4 is 29.6 Å². The topological polar surface area (TPSA) is 70.5 Å². The smallest absolute Gasteiger partial charge is 0.870 e. The fourth-order valence-corrected chi connectivity index (χ4v) is 0. The largest absolute Gasteiger partial charge is 0.870 e. The Morgan fingerprint density at radius 3 is 1.00 bits per heavy atom. The second-order valence-corrected chi connectivity index (χ2v) is 0. The molecule has 5 heavy (non-hydrogen) atoms. The van der Waals surface area contributed by atoms with Gasteiger partial charge < -0.3 is 5.48 Å². The molecule has 3 N–H and O–H groups in total. The first-order chi connectivity index (χ1) is 1.00. The molecule has 3 nitrogen and oxygen atoms in total. The average Bonchev–Trinajstić information content (AvgIpc) is 1.00. The van der Waals surface area contributed by atoms with Gasteiger partial charge in [-0.3, -0.25) is 10.5 Å². The first-order valence-electron chi connectivity index (χ1n) is 0.200. The average molecular weight is 98.0 g/mol. The van der Waals surface area contributed by atoms with E-state index in [4.69, 9.17) is 10.5 Å². The van der Waals surface area contributed by atoms with E-state index in [9.17, 15) is 0 Å². The van der Waals surface area contributed by atoms with Gasteiger partial charge in [-0.1, -0.05) is 0 Å². The summed E-state index contributed by atoms with van der Waals surface area (Å²) in [5, 5.41) is 12.0. The van der Waals surface area contributed by atoms with E-state index in [-0.39, 0.29) is 64.6 Å². The summed E-state index contributed by atoms with van der Waals surface area (Å²) in [4.78, 5) is 0. The Morgan fingerprint density at radius 1 is 1.00 bits per heavy atom. The third kappa shape index (κ3) is 25.0. The molecule has 0 aromatic heterocycles. The van der Waals surface area contributed by atoms with Crippen molar-refractivity contribution in [2.45, 2.75) is 0 Å². The molecule has 0 saturated carbocycles. The van der Waals surface area contributed by atoms with Crippen molar-refractivity contribution in [1.82, 2.24) is 0 Å². The maximum atomic E-state index is 6.00. The Kier molecular flexibility index (Phi) is 227. The van der Waals surface area contributed by atoms with Crippen molar-refractivity contribution in [2.24, 2.45) is 0 Å². The van der Waals surface area contributed by atoms with Gasteiger partial charge in [-0.05, 0) is 0 Å². The van der Waals surface area contributed by atoms with Gasteiger partial charge in [0.1, 0.15) is 0 Å². The van der Waals surface area contributed by atoms with E-state index in [0.717, 1.165) is 0 Å². The van der Waals surface area contributed by atoms with Crippen molar-refractivity contribution in [3.8, 4) is 0 Å². The molecule has 0 unspecified atom stereocenters. The summed E-state index contributed by atoms with van der Waals surface area (Å²) in [5.41, 5.74) is 0. The minimum atomic E-state index is 0. The Bertz CT molecular complexity index is 4.85. The maximum absolute atomic E-state index is 6.00. The molecule has 0 aliphatic heterocycles. The van der Waals surface area contributed by atoms with Crippen LogP contribution in [0.15, 0.2) is 0 Å². The van der Waals surface area contributed by atoms with Gasteiger partial charge in [0.15, 0.2) is 0 Å². The zero-order chi connectivity index (χ0) is 2.00. The molecule has 0 spiro atoms. The van der Waals surface area contributed by atoms with Crippen molar-refractivity contribution in [1.29, 1.82) is 0 Å². The van der Waals surface area contributed by atoms with Gasteiger partial charge in [0, 0.05) is 0 Å². The molecular weight excluding hydrogens is 94.0 g/mol. The van der Waals surface area contributed by atoms with Crippen LogP contribution in [0, 0.1) is 0 Å². The first-order valence-corrected chi connectivity index (χ1v) is 0.200. The maximum Gasteiger partial charge on any atom is -0.870 e. The Labute approximate surface area is 74.2 Å². The fraction of sp³-hybridized carbons (Fsp3) is 0. The van der Waals surface area contributed by atoms with E-state index < -0.39 is 0 Å². The van der Waals surface area contributed by atoms with Gasteiger partial charge in [0.2, 0.25) is 0 Å². The molecule has 0 amide bonds. The van der Waals surface area contributed by atoms with Gasteiger partial charge in [0.05, 0.1) is 0 Å². The van der Waals surface area contributed by atoms with Crippen molar-refractivity contribution in [2.75, 3.05) is 0 Å². The SMILES string of the molecule is OO.[Na+].[NaH].[OH-]. The minimum Gasteiger partial charge on any atom is -0.870 e. The monoisotopic (exact) mass is 98.0 g/mol. The molecule has 0 heterocycles. The van der Waals surface area contributed by atoms with Crippen LogP contribution >= 0.6 is 0 Å². The molecule has 0 atom stereocenters. The number of hydrogen-bond donors (Lipinski definition) is 2. The minimum absolute atomic E-state index is 0. The van der Waals surface area contributed by atoms with E-state index in [1.165, 1.54) is 0 Å². The third-order valence-corrected chi connectivity index (χ3v) is 0. The molecule has 0 fully saturated rings. The molecule has 0 radical (unpaired) electrons.